The van der Waals surface area contributed by atoms with Crippen molar-refractivity contribution >= 4 is 17.7 Å². The van der Waals surface area contributed by atoms with Crippen molar-refractivity contribution in [2.75, 3.05) is 26.7 Å². The lowest BCUT2D eigenvalue weighted by Crippen LogP contribution is -2.53. The molecule has 10 heteroatoms. The number of nitrogens with zero attached hydrogens (tertiary/aromatic N) is 1. The number of halogens is 2. The third-order valence-electron chi connectivity index (χ3n) is 6.57. The van der Waals surface area contributed by atoms with Gasteiger partial charge in [0, 0.05) is 32.6 Å². The first-order valence-electron chi connectivity index (χ1n) is 13.4. The van der Waals surface area contributed by atoms with E-state index in [4.69, 9.17) is 4.74 Å². The van der Waals surface area contributed by atoms with Gasteiger partial charge in [-0.3, -0.25) is 14.4 Å². The standard InChI is InChI=1S/C29H38F2N4O4/c1-4-6-24-29(38)35(3)18-27(36)34-25(15-20-8-11-22(30)12-9-20)28(37)32-14-5-7-21-10-13-23(31)16-26(21)39-19(2)17-33-24/h8-13,16,19,24-25,33H,4-7,14-15,17-18H2,1-3H3,(H,32,37)(H,34,36)/t19-,24+,25-/m1/s1. The Balaban J connectivity index is 1.83. The molecule has 2 aromatic carbocycles. The fourth-order valence-electron chi connectivity index (χ4n) is 4.49. The predicted molar refractivity (Wildman–Crippen MR) is 144 cm³/mol. The highest BCUT2D eigenvalue weighted by Gasteiger charge is 2.26. The number of ether oxygens (including phenoxy) is 1. The minimum Gasteiger partial charge on any atom is -0.489 e. The summed E-state index contributed by atoms with van der Waals surface area (Å²) in [5.74, 6) is -1.51. The number of carbonyl (C=O) groups is 3. The van der Waals surface area contributed by atoms with Crippen LogP contribution in [0.2, 0.25) is 0 Å². The highest BCUT2D eigenvalue weighted by Crippen LogP contribution is 2.23. The summed E-state index contributed by atoms with van der Waals surface area (Å²) in [6.45, 7) is 4.24. The molecular formula is C29H38F2N4O4. The highest BCUT2D eigenvalue weighted by atomic mass is 19.1. The van der Waals surface area contributed by atoms with Crippen LogP contribution in [0, 0.1) is 11.6 Å². The van der Waals surface area contributed by atoms with E-state index in [1.807, 2.05) is 13.8 Å². The van der Waals surface area contributed by atoms with Crippen LogP contribution < -0.4 is 20.7 Å². The molecule has 0 saturated carbocycles. The van der Waals surface area contributed by atoms with Crippen LogP contribution in [0.3, 0.4) is 0 Å². The quantitative estimate of drug-likeness (QED) is 0.550. The summed E-state index contributed by atoms with van der Waals surface area (Å²) >= 11 is 0. The predicted octanol–water partition coefficient (Wildman–Crippen LogP) is 2.74. The summed E-state index contributed by atoms with van der Waals surface area (Å²) in [6.07, 6.45) is 2.20. The van der Waals surface area contributed by atoms with Gasteiger partial charge < -0.3 is 25.6 Å². The Morgan fingerprint density at radius 1 is 1.03 bits per heavy atom. The summed E-state index contributed by atoms with van der Waals surface area (Å²) < 4.78 is 33.4. The molecule has 39 heavy (non-hydrogen) atoms. The zero-order chi connectivity index (χ0) is 28.4. The van der Waals surface area contributed by atoms with Crippen LogP contribution in [-0.4, -0.2) is 67.5 Å². The van der Waals surface area contributed by atoms with Gasteiger partial charge in [0.15, 0.2) is 0 Å². The smallest absolute Gasteiger partial charge is 0.242 e. The fourth-order valence-corrected chi connectivity index (χ4v) is 4.49. The maximum absolute atomic E-state index is 14.0. The highest BCUT2D eigenvalue weighted by molar-refractivity contribution is 5.91. The molecule has 0 unspecified atom stereocenters. The maximum atomic E-state index is 14.0. The second-order valence-electron chi connectivity index (χ2n) is 9.97. The number of benzene rings is 2. The van der Waals surface area contributed by atoms with Crippen molar-refractivity contribution in [3.05, 3.63) is 65.2 Å². The van der Waals surface area contributed by atoms with E-state index in [1.54, 1.807) is 25.2 Å². The number of rotatable bonds is 4. The molecule has 3 amide bonds. The number of carbonyl (C=O) groups excluding carboxylic acids is 3. The zero-order valence-corrected chi connectivity index (χ0v) is 22.8. The molecule has 212 valence electrons. The largest absolute Gasteiger partial charge is 0.489 e. The Morgan fingerprint density at radius 2 is 1.74 bits per heavy atom. The topological polar surface area (TPSA) is 99.8 Å². The van der Waals surface area contributed by atoms with Crippen molar-refractivity contribution in [2.24, 2.45) is 0 Å². The molecule has 8 nitrogen and oxygen atoms in total. The van der Waals surface area contributed by atoms with Crippen LogP contribution in [-0.2, 0) is 27.2 Å². The van der Waals surface area contributed by atoms with Crippen LogP contribution in [0.5, 0.6) is 5.75 Å². The Bertz CT molecular complexity index is 1130. The van der Waals surface area contributed by atoms with E-state index in [0.29, 0.717) is 43.7 Å². The minimum absolute atomic E-state index is 0.156. The number of fused-ring (bicyclic) bond motifs is 1. The summed E-state index contributed by atoms with van der Waals surface area (Å²) in [7, 11) is 1.54. The number of nitrogens with one attached hydrogen (secondary N) is 3. The lowest BCUT2D eigenvalue weighted by atomic mass is 10.0. The molecular weight excluding hydrogens is 506 g/mol. The summed E-state index contributed by atoms with van der Waals surface area (Å²) in [5.41, 5.74) is 1.48. The van der Waals surface area contributed by atoms with E-state index in [0.717, 1.165) is 12.0 Å². The number of hydrogen-bond donors (Lipinski definition) is 3. The minimum atomic E-state index is -0.916. The first-order valence-corrected chi connectivity index (χ1v) is 13.4. The molecule has 1 aliphatic heterocycles. The van der Waals surface area contributed by atoms with Crippen molar-refractivity contribution in [3.8, 4) is 5.75 Å². The fraction of sp³-hybridized carbons (Fsp3) is 0.483. The number of aryl methyl sites for hydroxylation is 1. The summed E-state index contributed by atoms with van der Waals surface area (Å²) in [5, 5.41) is 8.82. The van der Waals surface area contributed by atoms with Gasteiger partial charge in [0.05, 0.1) is 12.6 Å². The SMILES string of the molecule is CCC[C@@H]1NC[C@@H](C)Oc2cc(F)ccc2CCCNC(=O)[C@@H](Cc2ccc(F)cc2)NC(=O)CN(C)C1=O. The van der Waals surface area contributed by atoms with Crippen molar-refractivity contribution < 1.29 is 27.9 Å². The second-order valence-corrected chi connectivity index (χ2v) is 9.97. The van der Waals surface area contributed by atoms with E-state index in [1.165, 1.54) is 29.2 Å². The van der Waals surface area contributed by atoms with Crippen molar-refractivity contribution in [1.82, 2.24) is 20.9 Å². The Hall–Kier alpha value is -3.53. The van der Waals surface area contributed by atoms with E-state index in [9.17, 15) is 23.2 Å². The van der Waals surface area contributed by atoms with Gasteiger partial charge in [0.2, 0.25) is 17.7 Å². The normalized spacial score (nSPS) is 22.1. The molecule has 3 atom stereocenters. The molecule has 0 fully saturated rings. The second kappa shape index (κ2) is 14.6. The van der Waals surface area contributed by atoms with Gasteiger partial charge in [0.1, 0.15) is 29.5 Å². The van der Waals surface area contributed by atoms with Crippen LogP contribution in [0.25, 0.3) is 0 Å². The monoisotopic (exact) mass is 544 g/mol. The maximum Gasteiger partial charge on any atom is 0.242 e. The molecule has 0 saturated heterocycles. The van der Waals surface area contributed by atoms with Gasteiger partial charge in [-0.15, -0.1) is 0 Å². The number of likely N-dealkylation sites (N-methyl/N-ethyl adjacent to an activating group) is 1. The van der Waals surface area contributed by atoms with Crippen molar-refractivity contribution in [2.45, 2.75) is 64.1 Å². The summed E-state index contributed by atoms with van der Waals surface area (Å²) in [6, 6.07) is 8.65. The average Bonchev–Trinajstić information content (AvgIpc) is 2.89. The van der Waals surface area contributed by atoms with E-state index in [2.05, 4.69) is 16.0 Å². The molecule has 1 heterocycles. The van der Waals surface area contributed by atoms with Crippen molar-refractivity contribution in [1.29, 1.82) is 0 Å². The van der Waals surface area contributed by atoms with Gasteiger partial charge in [-0.2, -0.15) is 0 Å². The van der Waals surface area contributed by atoms with Gasteiger partial charge in [-0.25, -0.2) is 8.78 Å². The zero-order valence-electron chi connectivity index (χ0n) is 22.8. The first-order chi connectivity index (χ1) is 18.7. The van der Waals surface area contributed by atoms with E-state index < -0.39 is 35.5 Å². The molecule has 0 radical (unpaired) electrons. The number of hydrogen-bond acceptors (Lipinski definition) is 5. The van der Waals surface area contributed by atoms with E-state index in [-0.39, 0.29) is 25.0 Å². The Kier molecular flexibility index (Phi) is 11.2. The summed E-state index contributed by atoms with van der Waals surface area (Å²) in [4.78, 5) is 40.5. The van der Waals surface area contributed by atoms with Crippen LogP contribution in [0.1, 0.15) is 44.2 Å². The molecule has 3 rings (SSSR count). The molecule has 0 bridgehead atoms. The van der Waals surface area contributed by atoms with E-state index >= 15 is 0 Å². The van der Waals surface area contributed by atoms with Crippen LogP contribution in [0.15, 0.2) is 42.5 Å². The first kappa shape index (κ1) is 30.0. The Labute approximate surface area is 228 Å². The van der Waals surface area contributed by atoms with Crippen LogP contribution >= 0.6 is 0 Å². The number of amides is 3. The lowest BCUT2D eigenvalue weighted by molar-refractivity contribution is -0.137. The Morgan fingerprint density at radius 3 is 2.46 bits per heavy atom. The molecule has 2 aromatic rings. The van der Waals surface area contributed by atoms with Gasteiger partial charge in [0.25, 0.3) is 0 Å². The molecule has 3 N–H and O–H groups in total. The van der Waals surface area contributed by atoms with Crippen molar-refractivity contribution in [3.63, 3.8) is 0 Å². The average molecular weight is 545 g/mol. The molecule has 1 aliphatic rings. The van der Waals surface area contributed by atoms with Crippen LogP contribution in [0.4, 0.5) is 8.78 Å². The molecule has 0 aromatic heterocycles. The van der Waals surface area contributed by atoms with Gasteiger partial charge in [-0.1, -0.05) is 31.5 Å². The van der Waals surface area contributed by atoms with Gasteiger partial charge in [-0.05, 0) is 55.5 Å². The third-order valence-corrected chi connectivity index (χ3v) is 6.57. The third kappa shape index (κ3) is 9.31. The molecule has 0 spiro atoms. The molecule has 0 aliphatic carbocycles. The van der Waals surface area contributed by atoms with Gasteiger partial charge >= 0.3 is 0 Å². The lowest BCUT2D eigenvalue weighted by Gasteiger charge is -2.27.